The number of rotatable bonds is 10. The zero-order valence-electron chi connectivity index (χ0n) is 11.3. The second-order valence-corrected chi connectivity index (χ2v) is 4.96. The maximum atomic E-state index is 11.7. The quantitative estimate of drug-likeness (QED) is 0.563. The fourth-order valence-electron chi connectivity index (χ4n) is 2.59. The first-order chi connectivity index (χ1) is 7.63. The van der Waals surface area contributed by atoms with Gasteiger partial charge in [-0.2, -0.15) is 0 Å². The summed E-state index contributed by atoms with van der Waals surface area (Å²) >= 11 is 0. The lowest BCUT2D eigenvalue weighted by atomic mass is 9.74. The Hall–Kier alpha value is -0.530. The summed E-state index contributed by atoms with van der Waals surface area (Å²) in [5.74, 6) is -0.0762. The second-order valence-electron chi connectivity index (χ2n) is 4.96. The van der Waals surface area contributed by atoms with Crippen molar-refractivity contribution in [3.05, 3.63) is 0 Å². The first-order valence-electron chi connectivity index (χ1n) is 6.92. The van der Waals surface area contributed by atoms with Crippen LogP contribution in [0, 0.1) is 5.41 Å². The van der Waals surface area contributed by atoms with E-state index >= 15 is 0 Å². The number of unbranched alkanes of at least 4 members (excludes halogenated alkanes) is 3. The molecular weight excluding hydrogens is 198 g/mol. The molecule has 0 aliphatic rings. The van der Waals surface area contributed by atoms with Crippen molar-refractivity contribution in [3.63, 3.8) is 0 Å². The molecule has 16 heavy (non-hydrogen) atoms. The van der Waals surface area contributed by atoms with Gasteiger partial charge in [-0.15, -0.1) is 0 Å². The highest BCUT2D eigenvalue weighted by Gasteiger charge is 2.33. The number of hydrogen-bond donors (Lipinski definition) is 1. The van der Waals surface area contributed by atoms with Crippen molar-refractivity contribution in [2.75, 3.05) is 0 Å². The van der Waals surface area contributed by atoms with E-state index in [2.05, 4.69) is 20.8 Å². The van der Waals surface area contributed by atoms with E-state index in [0.717, 1.165) is 38.5 Å². The summed E-state index contributed by atoms with van der Waals surface area (Å²) in [6, 6.07) is 0. The normalized spacial score (nSPS) is 11.7. The molecule has 0 radical (unpaired) electrons. The molecule has 2 heteroatoms. The van der Waals surface area contributed by atoms with Crippen LogP contribution in [0.25, 0.3) is 0 Å². The van der Waals surface area contributed by atoms with E-state index in [1.165, 1.54) is 19.3 Å². The van der Waals surface area contributed by atoms with Crippen molar-refractivity contribution in [1.82, 2.24) is 0 Å². The Morgan fingerprint density at radius 2 is 1.44 bits per heavy atom. The third kappa shape index (κ3) is 5.00. The van der Waals surface area contributed by atoms with Crippen LogP contribution in [0.1, 0.15) is 78.6 Å². The molecule has 0 atom stereocenters. The molecule has 0 saturated heterocycles. The predicted molar refractivity (Wildman–Crippen MR) is 70.2 cm³/mol. The molecule has 0 aromatic carbocycles. The minimum absolute atomic E-state index is 0.0762. The number of primary amides is 1. The van der Waals surface area contributed by atoms with Crippen molar-refractivity contribution < 1.29 is 4.79 Å². The van der Waals surface area contributed by atoms with Crippen molar-refractivity contribution in [2.45, 2.75) is 78.6 Å². The smallest absolute Gasteiger partial charge is 0.223 e. The highest BCUT2D eigenvalue weighted by molar-refractivity contribution is 5.80. The van der Waals surface area contributed by atoms with Gasteiger partial charge in [-0.25, -0.2) is 0 Å². The molecule has 0 heterocycles. The maximum absolute atomic E-state index is 11.7. The van der Waals surface area contributed by atoms with Crippen molar-refractivity contribution >= 4 is 5.91 Å². The average Bonchev–Trinajstić information content (AvgIpc) is 2.24. The van der Waals surface area contributed by atoms with Gasteiger partial charge in [0.1, 0.15) is 0 Å². The molecule has 0 spiro atoms. The van der Waals surface area contributed by atoms with E-state index in [1.54, 1.807) is 0 Å². The van der Waals surface area contributed by atoms with Crippen LogP contribution in [0.4, 0.5) is 0 Å². The van der Waals surface area contributed by atoms with E-state index in [9.17, 15) is 4.79 Å². The summed E-state index contributed by atoms with van der Waals surface area (Å²) in [6.07, 6.45) is 9.91. The van der Waals surface area contributed by atoms with Gasteiger partial charge in [-0.3, -0.25) is 4.79 Å². The van der Waals surface area contributed by atoms with Crippen LogP contribution < -0.4 is 5.73 Å². The standard InChI is InChI=1S/C14H29NO/c1-4-7-8-9-12-14(10-5-2,11-6-3)13(15)16/h4-12H2,1-3H3,(H2,15,16). The molecule has 1 amide bonds. The fraction of sp³-hybridized carbons (Fsp3) is 0.929. The van der Waals surface area contributed by atoms with Crippen LogP contribution in [0.3, 0.4) is 0 Å². The highest BCUT2D eigenvalue weighted by atomic mass is 16.1. The first-order valence-corrected chi connectivity index (χ1v) is 6.92. The zero-order valence-corrected chi connectivity index (χ0v) is 11.3. The van der Waals surface area contributed by atoms with Gasteiger partial charge in [0.05, 0.1) is 0 Å². The van der Waals surface area contributed by atoms with Crippen LogP contribution in [-0.4, -0.2) is 5.91 Å². The molecule has 0 fully saturated rings. The monoisotopic (exact) mass is 227 g/mol. The molecule has 2 N–H and O–H groups in total. The summed E-state index contributed by atoms with van der Waals surface area (Å²) in [7, 11) is 0. The largest absolute Gasteiger partial charge is 0.369 e. The minimum atomic E-state index is -0.211. The number of carbonyl (C=O) groups is 1. The number of hydrogen-bond acceptors (Lipinski definition) is 1. The van der Waals surface area contributed by atoms with Gasteiger partial charge in [0, 0.05) is 5.41 Å². The van der Waals surface area contributed by atoms with E-state index < -0.39 is 0 Å². The lowest BCUT2D eigenvalue weighted by Crippen LogP contribution is -2.37. The Labute approximate surface area is 101 Å². The summed E-state index contributed by atoms with van der Waals surface area (Å²) in [5, 5.41) is 0. The van der Waals surface area contributed by atoms with Gasteiger partial charge in [-0.05, 0) is 19.3 Å². The van der Waals surface area contributed by atoms with Gasteiger partial charge in [-0.1, -0.05) is 59.3 Å². The molecule has 0 aromatic heterocycles. The molecular formula is C14H29NO. The van der Waals surface area contributed by atoms with Gasteiger partial charge in [0.15, 0.2) is 0 Å². The molecule has 0 rings (SSSR count). The van der Waals surface area contributed by atoms with Gasteiger partial charge in [0.2, 0.25) is 5.91 Å². The van der Waals surface area contributed by atoms with E-state index in [-0.39, 0.29) is 11.3 Å². The maximum Gasteiger partial charge on any atom is 0.223 e. The number of carbonyl (C=O) groups excluding carboxylic acids is 1. The van der Waals surface area contributed by atoms with Gasteiger partial charge in [0.25, 0.3) is 0 Å². The molecule has 0 aliphatic carbocycles. The zero-order chi connectivity index (χ0) is 12.4. The van der Waals surface area contributed by atoms with Crippen LogP contribution in [0.5, 0.6) is 0 Å². The molecule has 0 saturated carbocycles. The summed E-state index contributed by atoms with van der Waals surface area (Å²) in [6.45, 7) is 6.48. The van der Waals surface area contributed by atoms with Gasteiger partial charge >= 0.3 is 0 Å². The molecule has 0 aliphatic heterocycles. The van der Waals surface area contributed by atoms with Crippen LogP contribution in [0.15, 0.2) is 0 Å². The van der Waals surface area contributed by atoms with Crippen molar-refractivity contribution in [3.8, 4) is 0 Å². The van der Waals surface area contributed by atoms with Crippen LogP contribution in [0.2, 0.25) is 0 Å². The van der Waals surface area contributed by atoms with Crippen molar-refractivity contribution in [2.24, 2.45) is 11.1 Å². The van der Waals surface area contributed by atoms with Gasteiger partial charge < -0.3 is 5.73 Å². The molecule has 0 unspecified atom stereocenters. The van der Waals surface area contributed by atoms with E-state index in [1.807, 2.05) is 0 Å². The summed E-state index contributed by atoms with van der Waals surface area (Å²) < 4.78 is 0. The Bertz CT molecular complexity index is 183. The third-order valence-electron chi connectivity index (χ3n) is 3.49. The Morgan fingerprint density at radius 3 is 1.81 bits per heavy atom. The van der Waals surface area contributed by atoms with Crippen LogP contribution >= 0.6 is 0 Å². The Balaban J connectivity index is 4.30. The average molecular weight is 227 g/mol. The first kappa shape index (κ1) is 15.5. The number of amides is 1. The SMILES string of the molecule is CCCCCCC(CCC)(CCC)C(N)=O. The summed E-state index contributed by atoms with van der Waals surface area (Å²) in [4.78, 5) is 11.7. The Morgan fingerprint density at radius 1 is 0.875 bits per heavy atom. The minimum Gasteiger partial charge on any atom is -0.369 e. The second kappa shape index (κ2) is 8.60. The van der Waals surface area contributed by atoms with Crippen LogP contribution in [-0.2, 0) is 4.79 Å². The topological polar surface area (TPSA) is 43.1 Å². The molecule has 2 nitrogen and oxygen atoms in total. The van der Waals surface area contributed by atoms with E-state index in [4.69, 9.17) is 5.73 Å². The third-order valence-corrected chi connectivity index (χ3v) is 3.49. The predicted octanol–water partition coefficient (Wildman–Crippen LogP) is 4.03. The molecule has 0 bridgehead atoms. The molecule has 0 aromatic rings. The number of nitrogens with two attached hydrogens (primary N) is 1. The Kier molecular flexibility index (Phi) is 8.32. The fourth-order valence-corrected chi connectivity index (χ4v) is 2.59. The van der Waals surface area contributed by atoms with Crippen molar-refractivity contribution in [1.29, 1.82) is 0 Å². The molecule has 96 valence electrons. The summed E-state index contributed by atoms with van der Waals surface area (Å²) in [5.41, 5.74) is 5.41. The van der Waals surface area contributed by atoms with E-state index in [0.29, 0.717) is 0 Å². The lowest BCUT2D eigenvalue weighted by molar-refractivity contribution is -0.129. The highest BCUT2D eigenvalue weighted by Crippen LogP contribution is 2.35. The lowest BCUT2D eigenvalue weighted by Gasteiger charge is -2.30.